The molecule has 18 heavy (non-hydrogen) atoms. The van der Waals surface area contributed by atoms with Gasteiger partial charge >= 0.3 is 0 Å². The van der Waals surface area contributed by atoms with Crippen LogP contribution in [0.25, 0.3) is 0 Å². The fourth-order valence-corrected chi connectivity index (χ4v) is 2.73. The Labute approximate surface area is 111 Å². The van der Waals surface area contributed by atoms with Crippen molar-refractivity contribution in [3.63, 3.8) is 0 Å². The van der Waals surface area contributed by atoms with Crippen LogP contribution < -0.4 is 5.32 Å². The number of hydrogen-bond donors (Lipinski definition) is 1. The van der Waals surface area contributed by atoms with Crippen LogP contribution in [0.4, 0.5) is 0 Å². The highest BCUT2D eigenvalue weighted by atomic mass is 15.1. The minimum atomic E-state index is 0.930. The Balaban J connectivity index is 1.83. The maximum absolute atomic E-state index is 3.19. The number of likely N-dealkylation sites (N-methyl/N-ethyl adjacent to an activating group) is 1. The molecule has 2 nitrogen and oxygen atoms in total. The molecule has 0 saturated carbocycles. The highest BCUT2D eigenvalue weighted by molar-refractivity contribution is 5.22. The van der Waals surface area contributed by atoms with Crippen molar-refractivity contribution in [2.24, 2.45) is 5.92 Å². The van der Waals surface area contributed by atoms with E-state index in [-0.39, 0.29) is 0 Å². The lowest BCUT2D eigenvalue weighted by molar-refractivity contribution is 0.315. The summed E-state index contributed by atoms with van der Waals surface area (Å²) in [6.07, 6.45) is 3.84. The first-order chi connectivity index (χ1) is 8.81. The average molecular weight is 246 g/mol. The van der Waals surface area contributed by atoms with Gasteiger partial charge in [-0.05, 0) is 50.0 Å². The summed E-state index contributed by atoms with van der Waals surface area (Å²) < 4.78 is 0. The first kappa shape index (κ1) is 13.6. The van der Waals surface area contributed by atoms with Gasteiger partial charge < -0.3 is 5.32 Å². The van der Waals surface area contributed by atoms with Gasteiger partial charge in [0.2, 0.25) is 0 Å². The van der Waals surface area contributed by atoms with Gasteiger partial charge in [0.1, 0.15) is 0 Å². The molecule has 1 atom stereocenters. The molecule has 1 aromatic carbocycles. The predicted molar refractivity (Wildman–Crippen MR) is 77.7 cm³/mol. The van der Waals surface area contributed by atoms with Crippen LogP contribution in [0.3, 0.4) is 0 Å². The Morgan fingerprint density at radius 1 is 1.22 bits per heavy atom. The summed E-state index contributed by atoms with van der Waals surface area (Å²) in [6, 6.07) is 9.15. The third kappa shape index (κ3) is 3.82. The quantitative estimate of drug-likeness (QED) is 0.830. The molecule has 0 bridgehead atoms. The fourth-order valence-electron chi connectivity index (χ4n) is 2.73. The largest absolute Gasteiger partial charge is 0.319 e. The second-order valence-corrected chi connectivity index (χ2v) is 5.47. The van der Waals surface area contributed by atoms with E-state index in [1.165, 1.54) is 37.1 Å². The number of nitrogens with zero attached hydrogens (tertiary/aromatic N) is 1. The number of likely N-dealkylation sites (tertiary alicyclic amines) is 1. The van der Waals surface area contributed by atoms with Crippen molar-refractivity contribution in [1.29, 1.82) is 0 Å². The van der Waals surface area contributed by atoms with Crippen molar-refractivity contribution < 1.29 is 0 Å². The lowest BCUT2D eigenvalue weighted by Crippen LogP contribution is -2.20. The third-order valence-corrected chi connectivity index (χ3v) is 4.04. The topological polar surface area (TPSA) is 15.3 Å². The fraction of sp³-hybridized carbons (Fsp3) is 0.625. The third-order valence-electron chi connectivity index (χ3n) is 4.04. The zero-order valence-corrected chi connectivity index (χ0v) is 11.8. The van der Waals surface area contributed by atoms with Crippen LogP contribution in [0.2, 0.25) is 0 Å². The minimum Gasteiger partial charge on any atom is -0.319 e. The van der Waals surface area contributed by atoms with Crippen LogP contribution >= 0.6 is 0 Å². The summed E-state index contributed by atoms with van der Waals surface area (Å²) in [7, 11) is 2.01. The van der Waals surface area contributed by atoms with Gasteiger partial charge in [0, 0.05) is 13.1 Å². The van der Waals surface area contributed by atoms with Crippen molar-refractivity contribution in [3.05, 3.63) is 35.4 Å². The van der Waals surface area contributed by atoms with Gasteiger partial charge in [0.05, 0.1) is 0 Å². The molecule has 0 aliphatic carbocycles. The standard InChI is InChI=1S/C16H26N2/c1-3-14-9-11-18(12-14)13-16-6-4-15(5-7-16)8-10-17-2/h4-7,14,17H,3,8-13H2,1-2H3. The Hall–Kier alpha value is -0.860. The molecule has 0 aromatic heterocycles. The molecule has 1 N–H and O–H groups in total. The number of hydrogen-bond acceptors (Lipinski definition) is 2. The molecule has 2 rings (SSSR count). The second kappa shape index (κ2) is 6.91. The summed E-state index contributed by atoms with van der Waals surface area (Å²) in [5.41, 5.74) is 2.89. The molecule has 1 aromatic rings. The summed E-state index contributed by atoms with van der Waals surface area (Å²) in [4.78, 5) is 2.59. The van der Waals surface area contributed by atoms with Crippen LogP contribution in [0.15, 0.2) is 24.3 Å². The van der Waals surface area contributed by atoms with E-state index in [0.717, 1.165) is 25.4 Å². The van der Waals surface area contributed by atoms with Gasteiger partial charge in [0.15, 0.2) is 0 Å². The maximum Gasteiger partial charge on any atom is 0.0233 e. The Bertz CT molecular complexity index is 345. The molecule has 0 radical (unpaired) electrons. The van der Waals surface area contributed by atoms with Crippen LogP contribution in [0.5, 0.6) is 0 Å². The molecule has 100 valence electrons. The molecular weight excluding hydrogens is 220 g/mol. The van der Waals surface area contributed by atoms with E-state index in [4.69, 9.17) is 0 Å². The van der Waals surface area contributed by atoms with Crippen molar-refractivity contribution in [2.45, 2.75) is 32.7 Å². The maximum atomic E-state index is 3.19. The number of benzene rings is 1. The van der Waals surface area contributed by atoms with Crippen molar-refractivity contribution in [2.75, 3.05) is 26.7 Å². The lowest BCUT2D eigenvalue weighted by atomic mass is 10.1. The molecular formula is C16H26N2. The average Bonchev–Trinajstić information content (AvgIpc) is 2.86. The van der Waals surface area contributed by atoms with Crippen LogP contribution in [-0.2, 0) is 13.0 Å². The summed E-state index contributed by atoms with van der Waals surface area (Å²) in [6.45, 7) is 7.06. The van der Waals surface area contributed by atoms with E-state index >= 15 is 0 Å². The molecule has 0 amide bonds. The van der Waals surface area contributed by atoms with Gasteiger partial charge in [-0.3, -0.25) is 4.90 Å². The number of rotatable bonds is 6. The van der Waals surface area contributed by atoms with Gasteiger partial charge in [-0.25, -0.2) is 0 Å². The van der Waals surface area contributed by atoms with Crippen LogP contribution in [0.1, 0.15) is 30.9 Å². The molecule has 1 saturated heterocycles. The Morgan fingerprint density at radius 2 is 1.94 bits per heavy atom. The normalized spacial score (nSPS) is 20.4. The molecule has 1 aliphatic rings. The number of nitrogens with one attached hydrogen (secondary N) is 1. The van der Waals surface area contributed by atoms with Gasteiger partial charge in [-0.1, -0.05) is 37.6 Å². The van der Waals surface area contributed by atoms with Gasteiger partial charge in [-0.2, -0.15) is 0 Å². The second-order valence-electron chi connectivity index (χ2n) is 5.47. The first-order valence-corrected chi connectivity index (χ1v) is 7.26. The zero-order valence-electron chi connectivity index (χ0n) is 11.8. The molecule has 1 unspecified atom stereocenters. The van der Waals surface area contributed by atoms with Crippen molar-refractivity contribution in [3.8, 4) is 0 Å². The molecule has 2 heteroatoms. The monoisotopic (exact) mass is 246 g/mol. The SMILES string of the molecule is CCC1CCN(Cc2ccc(CCNC)cc2)C1. The van der Waals surface area contributed by atoms with Gasteiger partial charge in [0.25, 0.3) is 0 Å². The zero-order chi connectivity index (χ0) is 12.8. The molecule has 0 spiro atoms. The highest BCUT2D eigenvalue weighted by Crippen LogP contribution is 2.21. The summed E-state index contributed by atoms with van der Waals surface area (Å²) >= 11 is 0. The molecule has 1 heterocycles. The minimum absolute atomic E-state index is 0.930. The van der Waals surface area contributed by atoms with Crippen molar-refractivity contribution >= 4 is 0 Å². The van der Waals surface area contributed by atoms with E-state index in [9.17, 15) is 0 Å². The van der Waals surface area contributed by atoms with E-state index in [2.05, 4.69) is 41.4 Å². The van der Waals surface area contributed by atoms with Crippen LogP contribution in [0, 0.1) is 5.92 Å². The van der Waals surface area contributed by atoms with Crippen molar-refractivity contribution in [1.82, 2.24) is 10.2 Å². The van der Waals surface area contributed by atoms with E-state index in [1.807, 2.05) is 7.05 Å². The Kier molecular flexibility index (Phi) is 5.21. The summed E-state index contributed by atoms with van der Waals surface area (Å²) in [5.74, 6) is 0.930. The van der Waals surface area contributed by atoms with E-state index in [1.54, 1.807) is 0 Å². The van der Waals surface area contributed by atoms with Gasteiger partial charge in [-0.15, -0.1) is 0 Å². The smallest absolute Gasteiger partial charge is 0.0233 e. The highest BCUT2D eigenvalue weighted by Gasteiger charge is 2.20. The predicted octanol–water partition coefficient (Wildman–Crippen LogP) is 2.68. The first-order valence-electron chi connectivity index (χ1n) is 7.26. The molecule has 1 aliphatic heterocycles. The van der Waals surface area contributed by atoms with E-state index < -0.39 is 0 Å². The molecule has 1 fully saturated rings. The lowest BCUT2D eigenvalue weighted by Gasteiger charge is -2.16. The summed E-state index contributed by atoms with van der Waals surface area (Å²) in [5, 5.41) is 3.19. The Morgan fingerprint density at radius 3 is 2.56 bits per heavy atom. The van der Waals surface area contributed by atoms with E-state index in [0.29, 0.717) is 0 Å². The van der Waals surface area contributed by atoms with Crippen LogP contribution in [-0.4, -0.2) is 31.6 Å².